The maximum absolute atomic E-state index is 13.0. The Labute approximate surface area is 121 Å². The van der Waals surface area contributed by atoms with Crippen LogP contribution < -0.4 is 10.6 Å². The summed E-state index contributed by atoms with van der Waals surface area (Å²) in [5.41, 5.74) is 0.935. The number of carbonyl (C=O) groups is 1. The quantitative estimate of drug-likeness (QED) is 0.768. The van der Waals surface area contributed by atoms with Crippen LogP contribution >= 0.6 is 0 Å². The number of halogens is 1. The Hall–Kier alpha value is -1.42. The Kier molecular flexibility index (Phi) is 7.23. The zero-order chi connectivity index (χ0) is 15.0. The highest BCUT2D eigenvalue weighted by molar-refractivity contribution is 5.81. The van der Waals surface area contributed by atoms with Gasteiger partial charge in [0.05, 0.1) is 6.04 Å². The second kappa shape index (κ2) is 8.69. The molecule has 4 heteroatoms. The van der Waals surface area contributed by atoms with Crippen molar-refractivity contribution >= 4 is 5.91 Å². The van der Waals surface area contributed by atoms with E-state index in [-0.39, 0.29) is 17.8 Å². The Morgan fingerprint density at radius 2 is 2.00 bits per heavy atom. The van der Waals surface area contributed by atoms with E-state index in [1.807, 2.05) is 13.0 Å². The minimum atomic E-state index is -0.226. The molecule has 2 N–H and O–H groups in total. The lowest BCUT2D eigenvalue weighted by atomic mass is 10.1. The van der Waals surface area contributed by atoms with Crippen molar-refractivity contribution in [1.29, 1.82) is 0 Å². The predicted molar refractivity (Wildman–Crippen MR) is 80.0 cm³/mol. The van der Waals surface area contributed by atoms with Crippen LogP contribution in [0.1, 0.15) is 32.8 Å². The summed E-state index contributed by atoms with van der Waals surface area (Å²) in [6.45, 7) is 7.48. The van der Waals surface area contributed by atoms with Gasteiger partial charge in [0.2, 0.25) is 5.91 Å². The van der Waals surface area contributed by atoms with Gasteiger partial charge in [-0.2, -0.15) is 0 Å². The molecular weight excluding hydrogens is 255 g/mol. The van der Waals surface area contributed by atoms with E-state index in [0.29, 0.717) is 25.4 Å². The molecule has 3 nitrogen and oxygen atoms in total. The Morgan fingerprint density at radius 1 is 1.25 bits per heavy atom. The molecule has 0 heterocycles. The summed E-state index contributed by atoms with van der Waals surface area (Å²) in [5, 5.41) is 6.06. The largest absolute Gasteiger partial charge is 0.355 e. The number of hydrogen-bond donors (Lipinski definition) is 2. The third-order valence-electron chi connectivity index (χ3n) is 3.17. The highest BCUT2D eigenvalue weighted by Crippen LogP contribution is 2.03. The molecule has 0 aliphatic heterocycles. The maximum Gasteiger partial charge on any atom is 0.236 e. The fourth-order valence-electron chi connectivity index (χ4n) is 1.86. The lowest BCUT2D eigenvalue weighted by molar-refractivity contribution is -0.122. The first kappa shape index (κ1) is 16.6. The first-order chi connectivity index (χ1) is 9.49. The molecular formula is C16H25FN2O. The minimum absolute atomic E-state index is 0.0184. The van der Waals surface area contributed by atoms with Gasteiger partial charge in [0.25, 0.3) is 0 Å². The van der Waals surface area contributed by atoms with Crippen molar-refractivity contribution < 1.29 is 9.18 Å². The van der Waals surface area contributed by atoms with Gasteiger partial charge in [-0.05, 0) is 49.9 Å². The maximum atomic E-state index is 13.0. The summed E-state index contributed by atoms with van der Waals surface area (Å²) < 4.78 is 13.0. The topological polar surface area (TPSA) is 41.1 Å². The average Bonchev–Trinajstić information content (AvgIpc) is 2.38. The van der Waals surface area contributed by atoms with Crippen LogP contribution in [0.25, 0.3) is 0 Å². The number of rotatable bonds is 8. The highest BCUT2D eigenvalue weighted by atomic mass is 19.1. The molecule has 20 heavy (non-hydrogen) atoms. The number of carbonyl (C=O) groups excluding carboxylic acids is 1. The molecule has 1 amide bonds. The zero-order valence-corrected chi connectivity index (χ0v) is 12.6. The summed E-state index contributed by atoms with van der Waals surface area (Å²) in [6.07, 6.45) is 1.70. The van der Waals surface area contributed by atoms with Gasteiger partial charge in [-0.25, -0.2) is 4.39 Å². The van der Waals surface area contributed by atoms with Crippen LogP contribution in [0.15, 0.2) is 24.3 Å². The molecule has 0 fully saturated rings. The number of hydrogen-bond acceptors (Lipinski definition) is 2. The summed E-state index contributed by atoms with van der Waals surface area (Å²) in [7, 11) is 0. The molecule has 0 aliphatic rings. The van der Waals surface area contributed by atoms with E-state index in [2.05, 4.69) is 24.5 Å². The van der Waals surface area contributed by atoms with Gasteiger partial charge >= 0.3 is 0 Å². The molecule has 0 aliphatic carbocycles. The van der Waals surface area contributed by atoms with Crippen molar-refractivity contribution in [2.45, 2.75) is 39.7 Å². The Bertz CT molecular complexity index is 421. The summed E-state index contributed by atoms with van der Waals surface area (Å²) in [4.78, 5) is 11.8. The first-order valence-corrected chi connectivity index (χ1v) is 7.24. The van der Waals surface area contributed by atoms with E-state index in [4.69, 9.17) is 0 Å². The van der Waals surface area contributed by atoms with Gasteiger partial charge in [0.15, 0.2) is 0 Å². The monoisotopic (exact) mass is 280 g/mol. The van der Waals surface area contributed by atoms with Gasteiger partial charge in [-0.15, -0.1) is 0 Å². The third kappa shape index (κ3) is 6.66. The van der Waals surface area contributed by atoms with Crippen LogP contribution in [0, 0.1) is 11.7 Å². The second-order valence-electron chi connectivity index (χ2n) is 5.53. The van der Waals surface area contributed by atoms with Crippen molar-refractivity contribution in [3.63, 3.8) is 0 Å². The van der Waals surface area contributed by atoms with Crippen LogP contribution in [-0.2, 0) is 11.2 Å². The van der Waals surface area contributed by atoms with Crippen LogP contribution in [0.5, 0.6) is 0 Å². The molecule has 1 atom stereocenters. The number of benzene rings is 1. The van der Waals surface area contributed by atoms with E-state index in [1.165, 1.54) is 12.1 Å². The van der Waals surface area contributed by atoms with Crippen molar-refractivity contribution in [3.05, 3.63) is 35.6 Å². The molecule has 0 bridgehead atoms. The highest BCUT2D eigenvalue weighted by Gasteiger charge is 2.11. The van der Waals surface area contributed by atoms with E-state index in [1.54, 1.807) is 6.07 Å². The standard InChI is InChI=1S/C16H25FN2O/c1-12(2)7-9-19-16(20)13(3)18-10-8-14-5-4-6-15(17)11-14/h4-6,11-13,18H,7-10H2,1-3H3,(H,19,20). The van der Waals surface area contributed by atoms with Crippen molar-refractivity contribution in [1.82, 2.24) is 10.6 Å². The van der Waals surface area contributed by atoms with Gasteiger partial charge in [0.1, 0.15) is 5.82 Å². The fourth-order valence-corrected chi connectivity index (χ4v) is 1.86. The molecule has 112 valence electrons. The normalized spacial score (nSPS) is 12.4. The predicted octanol–water partition coefficient (Wildman–Crippen LogP) is 2.51. The van der Waals surface area contributed by atoms with E-state index in [9.17, 15) is 9.18 Å². The molecule has 1 aromatic rings. The molecule has 0 saturated carbocycles. The molecule has 1 rings (SSSR count). The molecule has 1 aromatic carbocycles. The zero-order valence-electron chi connectivity index (χ0n) is 12.6. The SMILES string of the molecule is CC(C)CCNC(=O)C(C)NCCc1cccc(F)c1. The Balaban J connectivity index is 2.22. The van der Waals surface area contributed by atoms with Gasteiger partial charge in [-0.3, -0.25) is 4.79 Å². The third-order valence-corrected chi connectivity index (χ3v) is 3.17. The van der Waals surface area contributed by atoms with Crippen molar-refractivity contribution in [2.75, 3.05) is 13.1 Å². The van der Waals surface area contributed by atoms with Gasteiger partial charge in [0, 0.05) is 6.54 Å². The summed E-state index contributed by atoms with van der Waals surface area (Å²) in [5.74, 6) is 0.387. The summed E-state index contributed by atoms with van der Waals surface area (Å²) in [6, 6.07) is 6.32. The van der Waals surface area contributed by atoms with Crippen LogP contribution in [0.3, 0.4) is 0 Å². The lowest BCUT2D eigenvalue weighted by Gasteiger charge is -2.14. The van der Waals surface area contributed by atoms with Gasteiger partial charge < -0.3 is 10.6 Å². The first-order valence-electron chi connectivity index (χ1n) is 7.24. The lowest BCUT2D eigenvalue weighted by Crippen LogP contribution is -2.43. The van der Waals surface area contributed by atoms with E-state index in [0.717, 1.165) is 12.0 Å². The number of nitrogens with one attached hydrogen (secondary N) is 2. The van der Waals surface area contributed by atoms with Crippen LogP contribution in [0.4, 0.5) is 4.39 Å². The average molecular weight is 280 g/mol. The second-order valence-corrected chi connectivity index (χ2v) is 5.53. The van der Waals surface area contributed by atoms with E-state index < -0.39 is 0 Å². The molecule has 0 aromatic heterocycles. The minimum Gasteiger partial charge on any atom is -0.355 e. The molecule has 0 radical (unpaired) electrons. The Morgan fingerprint density at radius 3 is 2.65 bits per heavy atom. The fraction of sp³-hybridized carbons (Fsp3) is 0.562. The summed E-state index contributed by atoms with van der Waals surface area (Å²) >= 11 is 0. The van der Waals surface area contributed by atoms with Crippen molar-refractivity contribution in [2.24, 2.45) is 5.92 Å². The van der Waals surface area contributed by atoms with Crippen molar-refractivity contribution in [3.8, 4) is 0 Å². The molecule has 1 unspecified atom stereocenters. The van der Waals surface area contributed by atoms with Crippen LogP contribution in [-0.4, -0.2) is 25.0 Å². The smallest absolute Gasteiger partial charge is 0.236 e. The molecule has 0 saturated heterocycles. The van der Waals surface area contributed by atoms with Gasteiger partial charge in [-0.1, -0.05) is 26.0 Å². The van der Waals surface area contributed by atoms with Crippen LogP contribution in [0.2, 0.25) is 0 Å². The van der Waals surface area contributed by atoms with E-state index >= 15 is 0 Å². The number of amides is 1. The molecule has 0 spiro atoms.